The molecule has 0 radical (unpaired) electrons. The highest BCUT2D eigenvalue weighted by atomic mass is 16.5. The number of ether oxygens (including phenoxy) is 1. The molecule has 0 atom stereocenters. The molecule has 2 aromatic carbocycles. The second-order valence-electron chi connectivity index (χ2n) is 9.13. The number of nitrogens with one attached hydrogen (secondary N) is 2. The number of carbonyl (C=O) groups is 2. The molecule has 2 aliphatic rings. The van der Waals surface area contributed by atoms with E-state index in [0.29, 0.717) is 31.8 Å². The first-order chi connectivity index (χ1) is 16.2. The Balaban J connectivity index is 1.63. The van der Waals surface area contributed by atoms with E-state index in [1.54, 1.807) is 0 Å². The molecule has 0 spiro atoms. The van der Waals surface area contributed by atoms with Gasteiger partial charge in [0.15, 0.2) is 0 Å². The van der Waals surface area contributed by atoms with Crippen molar-refractivity contribution in [3.05, 3.63) is 65.2 Å². The van der Waals surface area contributed by atoms with Gasteiger partial charge in [-0.1, -0.05) is 49.2 Å². The zero-order valence-corrected chi connectivity index (χ0v) is 19.4. The van der Waals surface area contributed by atoms with Crippen LogP contribution in [-0.2, 0) is 17.9 Å². The van der Waals surface area contributed by atoms with Gasteiger partial charge < -0.3 is 15.4 Å². The summed E-state index contributed by atoms with van der Waals surface area (Å²) in [5.41, 5.74) is 2.63. The summed E-state index contributed by atoms with van der Waals surface area (Å²) in [6.45, 7) is 2.64. The maximum Gasteiger partial charge on any atom is 0.251 e. The molecular weight excluding hydrogens is 414 g/mol. The van der Waals surface area contributed by atoms with Crippen LogP contribution < -0.4 is 15.4 Å². The lowest BCUT2D eigenvalue weighted by molar-refractivity contribution is -0.122. The smallest absolute Gasteiger partial charge is 0.251 e. The molecule has 2 N–H and O–H groups in total. The van der Waals surface area contributed by atoms with Crippen LogP contribution in [0.25, 0.3) is 0 Å². The van der Waals surface area contributed by atoms with Gasteiger partial charge in [-0.05, 0) is 49.8 Å². The number of hydrogen-bond acceptors (Lipinski definition) is 4. The lowest BCUT2D eigenvalue weighted by Gasteiger charge is -2.25. The number of amides is 2. The fraction of sp³-hybridized carbons (Fsp3) is 0.481. The van der Waals surface area contributed by atoms with Gasteiger partial charge in [-0.15, -0.1) is 0 Å². The first-order valence-electron chi connectivity index (χ1n) is 12.3. The molecule has 176 valence electrons. The van der Waals surface area contributed by atoms with E-state index >= 15 is 0 Å². The molecule has 1 heterocycles. The highest BCUT2D eigenvalue weighted by Gasteiger charge is 2.23. The minimum atomic E-state index is -0.0456. The molecule has 1 fully saturated rings. The van der Waals surface area contributed by atoms with Gasteiger partial charge in [0.1, 0.15) is 5.75 Å². The number of nitrogens with zero attached hydrogens (tertiary/aromatic N) is 1. The minimum Gasteiger partial charge on any atom is -0.493 e. The third-order valence-electron chi connectivity index (χ3n) is 6.47. The van der Waals surface area contributed by atoms with E-state index in [2.05, 4.69) is 27.7 Å². The molecule has 0 unspecified atom stereocenters. The van der Waals surface area contributed by atoms with E-state index in [9.17, 15) is 9.59 Å². The van der Waals surface area contributed by atoms with Crippen molar-refractivity contribution in [2.45, 2.75) is 64.1 Å². The van der Waals surface area contributed by atoms with Gasteiger partial charge in [-0.2, -0.15) is 0 Å². The highest BCUT2D eigenvalue weighted by Crippen LogP contribution is 2.27. The molecule has 2 amide bonds. The summed E-state index contributed by atoms with van der Waals surface area (Å²) >= 11 is 0. The Bertz CT molecular complexity index is 925. The molecule has 1 saturated carbocycles. The molecule has 0 saturated heterocycles. The van der Waals surface area contributed by atoms with Crippen LogP contribution >= 0.6 is 0 Å². The maximum atomic E-state index is 13.3. The van der Waals surface area contributed by atoms with E-state index < -0.39 is 0 Å². The van der Waals surface area contributed by atoms with Crippen LogP contribution in [0.1, 0.15) is 66.4 Å². The summed E-state index contributed by atoms with van der Waals surface area (Å²) in [7, 11) is 0. The zero-order chi connectivity index (χ0) is 22.9. The van der Waals surface area contributed by atoms with E-state index in [1.165, 1.54) is 12.8 Å². The Morgan fingerprint density at radius 2 is 1.79 bits per heavy atom. The monoisotopic (exact) mass is 449 g/mol. The predicted octanol–water partition coefficient (Wildman–Crippen LogP) is 4.04. The number of hydrogen-bond donors (Lipinski definition) is 2. The van der Waals surface area contributed by atoms with Crippen LogP contribution in [0.4, 0.5) is 0 Å². The molecule has 6 nitrogen and oxygen atoms in total. The van der Waals surface area contributed by atoms with Gasteiger partial charge in [0.25, 0.3) is 5.91 Å². The third kappa shape index (κ3) is 6.81. The first-order valence-corrected chi connectivity index (χ1v) is 12.3. The van der Waals surface area contributed by atoms with Crippen molar-refractivity contribution in [2.75, 3.05) is 19.7 Å². The van der Waals surface area contributed by atoms with Gasteiger partial charge in [-0.25, -0.2) is 0 Å². The summed E-state index contributed by atoms with van der Waals surface area (Å²) in [6, 6.07) is 16.1. The quantitative estimate of drug-likeness (QED) is 0.739. The standard InChI is InChI=1S/C27H35N3O3/c31-26-20-30(18-21-10-3-1-4-11-21)19-24-23(27(32)29-22-12-5-6-13-22)14-9-15-25(24)33-17-8-2-7-16-28-26/h1,3-4,9-11,14-15,22H,2,5-8,12-13,16-20H2,(H,28,31)(H,29,32). The molecule has 33 heavy (non-hydrogen) atoms. The summed E-state index contributed by atoms with van der Waals surface area (Å²) in [5, 5.41) is 6.27. The Labute approximate surface area is 196 Å². The normalized spacial score (nSPS) is 18.7. The summed E-state index contributed by atoms with van der Waals surface area (Å²) in [4.78, 5) is 28.0. The summed E-state index contributed by atoms with van der Waals surface area (Å²) < 4.78 is 6.18. The highest BCUT2D eigenvalue weighted by molar-refractivity contribution is 5.96. The van der Waals surface area contributed by atoms with Crippen molar-refractivity contribution >= 4 is 11.8 Å². The van der Waals surface area contributed by atoms with Crippen molar-refractivity contribution in [3.8, 4) is 5.75 Å². The number of fused-ring (bicyclic) bond motifs is 1. The minimum absolute atomic E-state index is 0.0144. The van der Waals surface area contributed by atoms with Crippen molar-refractivity contribution < 1.29 is 14.3 Å². The van der Waals surface area contributed by atoms with Gasteiger partial charge in [0.05, 0.1) is 13.2 Å². The van der Waals surface area contributed by atoms with Crippen LogP contribution in [-0.4, -0.2) is 42.5 Å². The van der Waals surface area contributed by atoms with Crippen LogP contribution in [0, 0.1) is 0 Å². The molecule has 0 aromatic heterocycles. The van der Waals surface area contributed by atoms with Gasteiger partial charge in [0, 0.05) is 36.8 Å². The Kier molecular flexibility index (Phi) is 8.36. The average molecular weight is 450 g/mol. The van der Waals surface area contributed by atoms with Crippen LogP contribution in [0.2, 0.25) is 0 Å². The average Bonchev–Trinajstić information content (AvgIpc) is 3.32. The number of benzene rings is 2. The van der Waals surface area contributed by atoms with Gasteiger partial charge in [-0.3, -0.25) is 14.5 Å². The SMILES string of the molecule is O=C1CN(Cc2ccccc2)Cc2c(cccc2C(=O)NC2CCCC2)OCCCCCN1. The van der Waals surface area contributed by atoms with Gasteiger partial charge in [0.2, 0.25) is 5.91 Å². The molecule has 6 heteroatoms. The van der Waals surface area contributed by atoms with E-state index in [1.807, 2.05) is 36.4 Å². The molecule has 1 aliphatic heterocycles. The lowest BCUT2D eigenvalue weighted by Crippen LogP contribution is -2.38. The molecular formula is C27H35N3O3. The largest absolute Gasteiger partial charge is 0.493 e. The predicted molar refractivity (Wildman–Crippen MR) is 129 cm³/mol. The maximum absolute atomic E-state index is 13.3. The Hall–Kier alpha value is -2.86. The number of rotatable bonds is 4. The first kappa shape index (κ1) is 23.3. The van der Waals surface area contributed by atoms with Crippen LogP contribution in [0.5, 0.6) is 5.75 Å². The lowest BCUT2D eigenvalue weighted by atomic mass is 10.0. The fourth-order valence-electron chi connectivity index (χ4n) is 4.72. The van der Waals surface area contributed by atoms with Crippen molar-refractivity contribution in [1.29, 1.82) is 0 Å². The van der Waals surface area contributed by atoms with E-state index in [0.717, 1.165) is 49.0 Å². The zero-order valence-electron chi connectivity index (χ0n) is 19.4. The van der Waals surface area contributed by atoms with Crippen LogP contribution in [0.3, 0.4) is 0 Å². The molecule has 0 bridgehead atoms. The van der Waals surface area contributed by atoms with Crippen molar-refractivity contribution in [1.82, 2.24) is 15.5 Å². The second-order valence-corrected chi connectivity index (χ2v) is 9.13. The second kappa shape index (κ2) is 11.8. The Morgan fingerprint density at radius 1 is 0.970 bits per heavy atom. The van der Waals surface area contributed by atoms with E-state index in [4.69, 9.17) is 4.74 Å². The third-order valence-corrected chi connectivity index (χ3v) is 6.47. The van der Waals surface area contributed by atoms with Crippen molar-refractivity contribution in [2.24, 2.45) is 0 Å². The molecule has 2 aromatic rings. The Morgan fingerprint density at radius 3 is 2.61 bits per heavy atom. The molecule has 1 aliphatic carbocycles. The molecule has 4 rings (SSSR count). The van der Waals surface area contributed by atoms with Crippen molar-refractivity contribution in [3.63, 3.8) is 0 Å². The van der Waals surface area contributed by atoms with Crippen LogP contribution in [0.15, 0.2) is 48.5 Å². The van der Waals surface area contributed by atoms with Gasteiger partial charge >= 0.3 is 0 Å². The number of carbonyl (C=O) groups excluding carboxylic acids is 2. The summed E-state index contributed by atoms with van der Waals surface area (Å²) in [6.07, 6.45) is 7.26. The summed E-state index contributed by atoms with van der Waals surface area (Å²) in [5.74, 6) is 0.711. The topological polar surface area (TPSA) is 70.7 Å². The van der Waals surface area contributed by atoms with E-state index in [-0.39, 0.29) is 24.4 Å². The fourth-order valence-corrected chi connectivity index (χ4v) is 4.72.